The average molecular weight is 270 g/mol. The summed E-state index contributed by atoms with van der Waals surface area (Å²) < 4.78 is 19.3. The molecule has 0 heterocycles. The van der Waals surface area contributed by atoms with Gasteiger partial charge in [0.05, 0.1) is 0 Å². The van der Waals surface area contributed by atoms with Crippen LogP contribution in [0.3, 0.4) is 0 Å². The molecule has 16 heavy (non-hydrogen) atoms. The highest BCUT2D eigenvalue weighted by atomic mass is 31.2. The van der Waals surface area contributed by atoms with E-state index in [4.69, 9.17) is 29.2 Å². The van der Waals surface area contributed by atoms with E-state index in [1.807, 2.05) is 0 Å². The Labute approximate surface area is 92.1 Å². The first-order chi connectivity index (χ1) is 7.22. The Kier molecular flexibility index (Phi) is 6.71. The van der Waals surface area contributed by atoms with E-state index in [2.05, 4.69) is 0 Å². The van der Waals surface area contributed by atoms with Crippen LogP contribution >= 0.6 is 15.9 Å². The van der Waals surface area contributed by atoms with Crippen molar-refractivity contribution in [2.45, 2.75) is 5.85 Å². The largest absolute Gasteiger partial charge is 0.466 e. The van der Waals surface area contributed by atoms with E-state index in [-0.39, 0.29) is 0 Å². The van der Waals surface area contributed by atoms with Crippen LogP contribution in [0.2, 0.25) is 0 Å². The summed E-state index contributed by atoms with van der Waals surface area (Å²) in [6, 6.07) is 8.43. The van der Waals surface area contributed by atoms with Crippen LogP contribution in [0.1, 0.15) is 11.4 Å². The molecule has 2 unspecified atom stereocenters. The Balaban J connectivity index is 0.000000385. The molecule has 0 bridgehead atoms. The maximum absolute atomic E-state index is 10.4. The highest BCUT2D eigenvalue weighted by molar-refractivity contribution is 7.45. The van der Waals surface area contributed by atoms with Crippen LogP contribution in [-0.4, -0.2) is 24.7 Å². The molecule has 0 aliphatic carbocycles. The predicted octanol–water partition coefficient (Wildman–Crippen LogP) is 0.216. The van der Waals surface area contributed by atoms with Gasteiger partial charge in [-0.15, -0.1) is 0 Å². The standard InChI is InChI=1S/C7H9O3P.H3O4P/c8-7(11(9)10)6-4-2-1-3-5-6;1-5(2,3)4/h1-5,7-8,11H,(H,9,10);(H3,1,2,3,4). The maximum Gasteiger partial charge on any atom is 0.466 e. The topological polar surface area (TPSA) is 135 Å². The van der Waals surface area contributed by atoms with Gasteiger partial charge in [-0.3, -0.25) is 4.57 Å². The van der Waals surface area contributed by atoms with Gasteiger partial charge in [-0.25, -0.2) is 4.57 Å². The molecule has 0 saturated heterocycles. The van der Waals surface area contributed by atoms with E-state index >= 15 is 0 Å². The van der Waals surface area contributed by atoms with Crippen molar-refractivity contribution in [3.63, 3.8) is 0 Å². The quantitative estimate of drug-likeness (QED) is 0.485. The lowest BCUT2D eigenvalue weighted by Gasteiger charge is -2.04. The van der Waals surface area contributed by atoms with E-state index in [0.717, 1.165) is 0 Å². The van der Waals surface area contributed by atoms with Crippen LogP contribution in [0, 0.1) is 0 Å². The third kappa shape index (κ3) is 8.76. The van der Waals surface area contributed by atoms with Crippen LogP contribution in [0.25, 0.3) is 0 Å². The van der Waals surface area contributed by atoms with Gasteiger partial charge >= 0.3 is 7.82 Å². The molecule has 1 rings (SSSR count). The van der Waals surface area contributed by atoms with E-state index in [0.29, 0.717) is 5.56 Å². The number of hydrogen-bond donors (Lipinski definition) is 5. The van der Waals surface area contributed by atoms with Gasteiger partial charge < -0.3 is 24.7 Å². The smallest absolute Gasteiger partial charge is 0.378 e. The lowest BCUT2D eigenvalue weighted by Crippen LogP contribution is -1.89. The highest BCUT2D eigenvalue weighted by Gasteiger charge is 2.10. The van der Waals surface area contributed by atoms with E-state index in [1.165, 1.54) is 0 Å². The molecular weight excluding hydrogens is 258 g/mol. The van der Waals surface area contributed by atoms with Crippen LogP contribution in [0.15, 0.2) is 30.3 Å². The number of benzene rings is 1. The zero-order valence-electron chi connectivity index (χ0n) is 7.96. The average Bonchev–Trinajstić information content (AvgIpc) is 2.15. The summed E-state index contributed by atoms with van der Waals surface area (Å²) in [6.45, 7) is 0. The molecule has 92 valence electrons. The third-order valence-electron chi connectivity index (χ3n) is 1.35. The molecule has 0 aliphatic rings. The lowest BCUT2D eigenvalue weighted by atomic mass is 10.2. The van der Waals surface area contributed by atoms with Crippen molar-refractivity contribution in [3.05, 3.63) is 35.9 Å². The van der Waals surface area contributed by atoms with Crippen LogP contribution in [-0.2, 0) is 9.13 Å². The van der Waals surface area contributed by atoms with Crippen LogP contribution < -0.4 is 0 Å². The monoisotopic (exact) mass is 270 g/mol. The summed E-state index contributed by atoms with van der Waals surface area (Å²) in [5.41, 5.74) is 0.485. The summed E-state index contributed by atoms with van der Waals surface area (Å²) in [5, 5.41) is 9.08. The molecular formula is C7H12O7P2. The Morgan fingerprint density at radius 3 is 1.81 bits per heavy atom. The summed E-state index contributed by atoms with van der Waals surface area (Å²) in [5.74, 6) is -1.22. The van der Waals surface area contributed by atoms with Crippen molar-refractivity contribution in [2.24, 2.45) is 0 Å². The minimum Gasteiger partial charge on any atom is -0.378 e. The minimum atomic E-state index is -4.64. The van der Waals surface area contributed by atoms with Gasteiger partial charge in [0.2, 0.25) is 8.03 Å². The molecule has 0 aliphatic heterocycles. The van der Waals surface area contributed by atoms with Crippen LogP contribution in [0.5, 0.6) is 0 Å². The molecule has 0 aromatic heterocycles. The summed E-state index contributed by atoms with van der Waals surface area (Å²) >= 11 is 0. The highest BCUT2D eigenvalue weighted by Crippen LogP contribution is 2.34. The molecule has 2 atom stereocenters. The molecule has 1 aromatic rings. The molecule has 0 radical (unpaired) electrons. The maximum atomic E-state index is 10.4. The Morgan fingerprint density at radius 1 is 1.12 bits per heavy atom. The molecule has 0 fully saturated rings. The van der Waals surface area contributed by atoms with Gasteiger partial charge in [-0.05, 0) is 5.56 Å². The molecule has 5 N–H and O–H groups in total. The summed E-state index contributed by atoms with van der Waals surface area (Å²) in [4.78, 5) is 30.1. The van der Waals surface area contributed by atoms with E-state index in [1.54, 1.807) is 30.3 Å². The summed E-state index contributed by atoms with van der Waals surface area (Å²) in [7, 11) is -7.50. The molecule has 0 saturated carbocycles. The first-order valence-corrected chi connectivity index (χ1v) is 6.95. The molecule has 0 amide bonds. The van der Waals surface area contributed by atoms with E-state index < -0.39 is 21.7 Å². The van der Waals surface area contributed by atoms with Gasteiger partial charge in [0.25, 0.3) is 0 Å². The Hall–Kier alpha value is -0.520. The zero-order chi connectivity index (χ0) is 12.8. The van der Waals surface area contributed by atoms with E-state index in [9.17, 15) is 4.57 Å². The fourth-order valence-electron chi connectivity index (χ4n) is 0.778. The van der Waals surface area contributed by atoms with Crippen molar-refractivity contribution in [1.82, 2.24) is 0 Å². The van der Waals surface area contributed by atoms with Gasteiger partial charge in [0.1, 0.15) is 0 Å². The second-order valence-electron chi connectivity index (χ2n) is 2.66. The fraction of sp³-hybridized carbons (Fsp3) is 0.143. The first kappa shape index (κ1) is 15.5. The number of phosphoric acid groups is 1. The Bertz CT molecular complexity index is 365. The van der Waals surface area contributed by atoms with Crippen molar-refractivity contribution in [3.8, 4) is 0 Å². The van der Waals surface area contributed by atoms with Crippen molar-refractivity contribution in [2.75, 3.05) is 0 Å². The van der Waals surface area contributed by atoms with Gasteiger partial charge in [-0.1, -0.05) is 30.3 Å². The molecule has 1 aromatic carbocycles. The number of hydrogen-bond acceptors (Lipinski definition) is 3. The summed E-state index contributed by atoms with van der Waals surface area (Å²) in [6.07, 6.45) is 0. The number of rotatable bonds is 2. The van der Waals surface area contributed by atoms with Crippen LogP contribution in [0.4, 0.5) is 0 Å². The SMILES string of the molecule is O=P(O)(O)O.O=[PH](O)C(O)c1ccccc1. The van der Waals surface area contributed by atoms with Crippen molar-refractivity contribution < 1.29 is 33.8 Å². The van der Waals surface area contributed by atoms with Gasteiger partial charge in [0, 0.05) is 0 Å². The number of aliphatic hydroxyl groups excluding tert-OH is 1. The van der Waals surface area contributed by atoms with Crippen molar-refractivity contribution in [1.29, 1.82) is 0 Å². The van der Waals surface area contributed by atoms with Gasteiger partial charge in [-0.2, -0.15) is 0 Å². The molecule has 7 nitrogen and oxygen atoms in total. The predicted molar refractivity (Wildman–Crippen MR) is 56.9 cm³/mol. The normalized spacial score (nSPS) is 14.6. The first-order valence-electron chi connectivity index (χ1n) is 3.96. The van der Waals surface area contributed by atoms with Gasteiger partial charge in [0.15, 0.2) is 5.85 Å². The molecule has 9 heteroatoms. The second-order valence-corrected chi connectivity index (χ2v) is 4.91. The zero-order valence-corrected chi connectivity index (χ0v) is 9.86. The molecule has 0 spiro atoms. The number of aliphatic hydroxyl groups is 1. The lowest BCUT2D eigenvalue weighted by molar-refractivity contribution is 0.243. The fourth-order valence-corrected chi connectivity index (χ4v) is 1.26. The third-order valence-corrected chi connectivity index (χ3v) is 2.15. The Morgan fingerprint density at radius 2 is 1.50 bits per heavy atom. The minimum absolute atomic E-state index is 0.485. The van der Waals surface area contributed by atoms with Crippen molar-refractivity contribution >= 4 is 15.9 Å². The second kappa shape index (κ2) is 6.93.